The van der Waals surface area contributed by atoms with Crippen LogP contribution in [0.5, 0.6) is 0 Å². The van der Waals surface area contributed by atoms with Crippen LogP contribution in [-0.4, -0.2) is 35.5 Å². The zero-order valence-corrected chi connectivity index (χ0v) is 16.7. The summed E-state index contributed by atoms with van der Waals surface area (Å²) in [6.45, 7) is 5.20. The molecule has 4 saturated carbocycles. The van der Waals surface area contributed by atoms with E-state index in [0.717, 1.165) is 38.5 Å². The molecule has 2 N–H and O–H groups in total. The fraction of sp³-hybridized carbons (Fsp3) is 0.955. The van der Waals surface area contributed by atoms with Crippen LogP contribution in [-0.2, 0) is 9.53 Å². The van der Waals surface area contributed by atoms with E-state index in [1.165, 1.54) is 19.3 Å². The Morgan fingerprint density at radius 2 is 1.73 bits per heavy atom. The average molecular weight is 365 g/mol. The Morgan fingerprint density at radius 1 is 1.00 bits per heavy atom. The van der Waals surface area contributed by atoms with E-state index < -0.39 is 11.6 Å². The van der Waals surface area contributed by atoms with Crippen LogP contribution in [0.3, 0.4) is 0 Å². The third-order valence-electron chi connectivity index (χ3n) is 9.53. The van der Waals surface area contributed by atoms with Crippen LogP contribution in [0.4, 0.5) is 0 Å². The molecule has 8 atom stereocenters. The molecule has 0 spiro atoms. The van der Waals surface area contributed by atoms with Gasteiger partial charge < -0.3 is 14.9 Å². The van der Waals surface area contributed by atoms with Crippen molar-refractivity contribution in [1.29, 1.82) is 0 Å². The Kier molecular flexibility index (Phi) is 4.47. The molecule has 148 valence electrons. The molecule has 0 amide bonds. The lowest BCUT2D eigenvalue weighted by Crippen LogP contribution is -2.56. The van der Waals surface area contributed by atoms with Crippen molar-refractivity contribution < 1.29 is 19.7 Å². The summed E-state index contributed by atoms with van der Waals surface area (Å²) in [4.78, 5) is 11.8. The summed E-state index contributed by atoms with van der Waals surface area (Å²) in [5.41, 5.74) is -0.329. The minimum atomic E-state index is -0.642. The second-order valence-corrected chi connectivity index (χ2v) is 10.5. The molecule has 0 aromatic carbocycles. The summed E-state index contributed by atoms with van der Waals surface area (Å²) in [7, 11) is 1.68. The maximum Gasteiger partial charge on any atom is 0.307 e. The summed E-state index contributed by atoms with van der Waals surface area (Å²) in [6.07, 6.45) is 9.43. The first-order valence-corrected chi connectivity index (χ1v) is 10.7. The molecular formula is C22H36O4. The van der Waals surface area contributed by atoms with Crippen LogP contribution in [0, 0.1) is 40.4 Å². The van der Waals surface area contributed by atoms with Gasteiger partial charge in [-0.25, -0.2) is 0 Å². The van der Waals surface area contributed by atoms with Crippen LogP contribution in [0.15, 0.2) is 0 Å². The first-order chi connectivity index (χ1) is 12.2. The van der Waals surface area contributed by atoms with Gasteiger partial charge in [-0.2, -0.15) is 0 Å². The molecule has 0 saturated heterocycles. The highest BCUT2D eigenvalue weighted by atomic mass is 16.5. The second-order valence-electron chi connectivity index (χ2n) is 10.5. The summed E-state index contributed by atoms with van der Waals surface area (Å²) in [6, 6.07) is 0. The molecule has 0 radical (unpaired) electrons. The van der Waals surface area contributed by atoms with Gasteiger partial charge in [-0.15, -0.1) is 0 Å². The smallest absolute Gasteiger partial charge is 0.307 e. The summed E-state index contributed by atoms with van der Waals surface area (Å²) in [5.74, 6) is 1.85. The van der Waals surface area contributed by atoms with E-state index in [1.807, 2.05) is 0 Å². The lowest BCUT2D eigenvalue weighted by molar-refractivity contribution is -0.167. The predicted octanol–water partition coefficient (Wildman–Crippen LogP) is 4.11. The van der Waals surface area contributed by atoms with Crippen LogP contribution >= 0.6 is 0 Å². The Labute approximate surface area is 157 Å². The molecule has 0 unspecified atom stereocenters. The van der Waals surface area contributed by atoms with Gasteiger partial charge in [0.25, 0.3) is 0 Å². The van der Waals surface area contributed by atoms with E-state index in [1.54, 1.807) is 7.11 Å². The highest BCUT2D eigenvalue weighted by Crippen LogP contribution is 2.68. The lowest BCUT2D eigenvalue weighted by atomic mass is 9.44. The topological polar surface area (TPSA) is 66.8 Å². The molecule has 0 heterocycles. The van der Waals surface area contributed by atoms with Gasteiger partial charge in [0.1, 0.15) is 0 Å². The Balaban J connectivity index is 1.56. The minimum absolute atomic E-state index is 0.00164. The minimum Gasteiger partial charge on any atom is -0.481 e. The Hall–Kier alpha value is -0.610. The quantitative estimate of drug-likeness (QED) is 0.791. The van der Waals surface area contributed by atoms with Crippen molar-refractivity contribution in [3.63, 3.8) is 0 Å². The zero-order chi connectivity index (χ0) is 18.7. The Morgan fingerprint density at radius 3 is 2.42 bits per heavy atom. The summed E-state index contributed by atoms with van der Waals surface area (Å²) < 4.78 is 5.30. The van der Waals surface area contributed by atoms with E-state index >= 15 is 0 Å². The molecular weight excluding hydrogens is 328 g/mol. The standard InChI is InChI=1S/C22H36O4/c1-20-10-11-22(25,13-26-3)12-14(20)4-5-15-16-6-7-18(19(23)24)21(16,2)9-8-17(15)20/h14-18,25H,4-13H2,1-3H3,(H,23,24)/t14-,15+,16+,17+,18-,20+,21+,22-/m1/s1. The molecule has 4 aliphatic rings. The van der Waals surface area contributed by atoms with Gasteiger partial charge in [0.2, 0.25) is 0 Å². The molecule has 0 aromatic rings. The molecule has 4 heteroatoms. The van der Waals surface area contributed by atoms with Crippen LogP contribution in [0.25, 0.3) is 0 Å². The van der Waals surface area contributed by atoms with Gasteiger partial charge in [0.05, 0.1) is 18.1 Å². The second kappa shape index (κ2) is 6.20. The molecule has 4 nitrogen and oxygen atoms in total. The van der Waals surface area contributed by atoms with Gasteiger partial charge in [0.15, 0.2) is 0 Å². The summed E-state index contributed by atoms with van der Waals surface area (Å²) in [5, 5.41) is 20.6. The normalized spacial score (nSPS) is 53.5. The van der Waals surface area contributed by atoms with Gasteiger partial charge in [-0.3, -0.25) is 4.79 Å². The number of methoxy groups -OCH3 is 1. The maximum absolute atomic E-state index is 11.8. The molecule has 0 bridgehead atoms. The van der Waals surface area contributed by atoms with Crippen molar-refractivity contribution in [1.82, 2.24) is 0 Å². The summed E-state index contributed by atoms with van der Waals surface area (Å²) >= 11 is 0. The van der Waals surface area contributed by atoms with Crippen molar-refractivity contribution in [2.45, 2.75) is 77.2 Å². The number of carboxylic acids is 1. The van der Waals surface area contributed by atoms with Crippen molar-refractivity contribution in [2.24, 2.45) is 40.4 Å². The van der Waals surface area contributed by atoms with Crippen molar-refractivity contribution in [3.05, 3.63) is 0 Å². The number of hydrogen-bond donors (Lipinski definition) is 2. The zero-order valence-electron chi connectivity index (χ0n) is 16.7. The van der Waals surface area contributed by atoms with Gasteiger partial charge >= 0.3 is 5.97 Å². The molecule has 4 aliphatic carbocycles. The number of fused-ring (bicyclic) bond motifs is 5. The first kappa shape index (κ1) is 18.7. The monoisotopic (exact) mass is 364 g/mol. The number of carboxylic acid groups (broad SMARTS) is 1. The van der Waals surface area contributed by atoms with Gasteiger partial charge in [-0.1, -0.05) is 13.8 Å². The largest absolute Gasteiger partial charge is 0.481 e. The molecule has 26 heavy (non-hydrogen) atoms. The number of rotatable bonds is 3. The van der Waals surface area contributed by atoms with Crippen LogP contribution in [0.1, 0.15) is 71.6 Å². The molecule has 4 rings (SSSR count). The number of ether oxygens (including phenoxy) is 1. The molecule has 4 fully saturated rings. The van der Waals surface area contributed by atoms with Gasteiger partial charge in [0, 0.05) is 7.11 Å². The third kappa shape index (κ3) is 2.58. The Bertz CT molecular complexity index is 576. The molecule has 0 aliphatic heterocycles. The van der Waals surface area contributed by atoms with Gasteiger partial charge in [-0.05, 0) is 92.3 Å². The fourth-order valence-corrected chi connectivity index (χ4v) is 8.13. The number of aliphatic carboxylic acids is 1. The van der Waals surface area contributed by atoms with Crippen molar-refractivity contribution >= 4 is 5.97 Å². The predicted molar refractivity (Wildman–Crippen MR) is 99.7 cm³/mol. The highest BCUT2D eigenvalue weighted by molar-refractivity contribution is 5.71. The van der Waals surface area contributed by atoms with Crippen LogP contribution < -0.4 is 0 Å². The van der Waals surface area contributed by atoms with Crippen LogP contribution in [0.2, 0.25) is 0 Å². The number of aliphatic hydroxyl groups is 1. The van der Waals surface area contributed by atoms with E-state index in [-0.39, 0.29) is 11.3 Å². The average Bonchev–Trinajstić information content (AvgIpc) is 2.93. The first-order valence-electron chi connectivity index (χ1n) is 10.7. The SMILES string of the molecule is COC[C@@]1(O)CC[C@@]2(C)[C@H](CC[C@@H]3[C@@H]2CC[C@]2(C)[C@@H](C(=O)O)CC[C@@H]32)C1. The number of hydrogen-bond acceptors (Lipinski definition) is 3. The van der Waals surface area contributed by atoms with E-state index in [2.05, 4.69) is 13.8 Å². The lowest BCUT2D eigenvalue weighted by Gasteiger charge is -2.61. The maximum atomic E-state index is 11.8. The third-order valence-corrected chi connectivity index (χ3v) is 9.53. The van der Waals surface area contributed by atoms with Crippen molar-refractivity contribution in [3.8, 4) is 0 Å². The number of carbonyl (C=O) groups is 1. The van der Waals surface area contributed by atoms with E-state index in [9.17, 15) is 15.0 Å². The van der Waals surface area contributed by atoms with E-state index in [0.29, 0.717) is 35.7 Å². The highest BCUT2D eigenvalue weighted by Gasteiger charge is 2.62. The van der Waals surface area contributed by atoms with Crippen molar-refractivity contribution in [2.75, 3.05) is 13.7 Å². The molecule has 0 aromatic heterocycles. The van der Waals surface area contributed by atoms with E-state index in [4.69, 9.17) is 4.74 Å². The fourth-order valence-electron chi connectivity index (χ4n) is 8.13.